The Labute approximate surface area is 199 Å². The molecule has 5 aliphatic carbocycles. The van der Waals surface area contributed by atoms with Crippen molar-refractivity contribution in [1.29, 1.82) is 0 Å². The molecule has 0 unspecified atom stereocenters. The third kappa shape index (κ3) is 2.74. The van der Waals surface area contributed by atoms with Crippen molar-refractivity contribution in [3.8, 4) is 0 Å². The number of aliphatic hydroxyl groups excluding tert-OH is 2. The van der Waals surface area contributed by atoms with Crippen molar-refractivity contribution in [2.24, 2.45) is 44.8 Å². The lowest BCUT2D eigenvalue weighted by molar-refractivity contribution is -0.215. The molecule has 0 heterocycles. The Morgan fingerprint density at radius 1 is 1.06 bits per heavy atom. The lowest BCUT2D eigenvalue weighted by atomic mass is 9.34. The first kappa shape index (κ1) is 23.6. The summed E-state index contributed by atoms with van der Waals surface area (Å²) in [5, 5.41) is 31.6. The average molecular weight is 457 g/mol. The van der Waals surface area contributed by atoms with Gasteiger partial charge in [0.1, 0.15) is 0 Å². The van der Waals surface area contributed by atoms with Gasteiger partial charge in [-0.25, -0.2) is 0 Å². The first-order chi connectivity index (χ1) is 15.4. The molecule has 9 atom stereocenters. The second kappa shape index (κ2) is 7.20. The van der Waals surface area contributed by atoms with Gasteiger partial charge >= 0.3 is 5.97 Å². The van der Waals surface area contributed by atoms with E-state index in [-0.39, 0.29) is 28.8 Å². The van der Waals surface area contributed by atoms with Gasteiger partial charge in [0, 0.05) is 11.3 Å². The molecule has 4 nitrogen and oxygen atoms in total. The highest BCUT2D eigenvalue weighted by molar-refractivity contribution is 5.77. The van der Waals surface area contributed by atoms with Crippen LogP contribution in [0.4, 0.5) is 0 Å². The van der Waals surface area contributed by atoms with Crippen LogP contribution in [-0.4, -0.2) is 34.0 Å². The van der Waals surface area contributed by atoms with Crippen molar-refractivity contribution in [3.05, 3.63) is 23.8 Å². The summed E-state index contributed by atoms with van der Waals surface area (Å²) in [6, 6.07) is 0. The Bertz CT molecular complexity index is 907. The first-order valence-electron chi connectivity index (χ1n) is 13.3. The molecule has 0 radical (unpaired) electrons. The van der Waals surface area contributed by atoms with Gasteiger partial charge in [-0.15, -0.1) is 0 Å². The van der Waals surface area contributed by atoms with E-state index >= 15 is 0 Å². The molecule has 5 aliphatic rings. The minimum Gasteiger partial charge on any atom is -0.481 e. The topological polar surface area (TPSA) is 77.8 Å². The Morgan fingerprint density at radius 2 is 1.79 bits per heavy atom. The minimum absolute atomic E-state index is 0.00316. The fourth-order valence-corrected chi connectivity index (χ4v) is 10.2. The van der Waals surface area contributed by atoms with Crippen LogP contribution in [0.2, 0.25) is 0 Å². The third-order valence-electron chi connectivity index (χ3n) is 12.6. The molecule has 3 N–H and O–H groups in total. The SMILES string of the molecule is C=C1CC[C@]2(C(=O)O)CC[C@]3(C)C(=CC[C@@H]4[C@@]5(C)CC[C@H](O)[C@@](C)(CO)[C@@H]5CC[C@]43C)[C@@H]2C1. The maximum absolute atomic E-state index is 12.6. The van der Waals surface area contributed by atoms with Crippen molar-refractivity contribution in [1.82, 2.24) is 0 Å². The molecule has 5 rings (SSSR count). The molecular weight excluding hydrogens is 412 g/mol. The van der Waals surface area contributed by atoms with E-state index in [1.165, 1.54) is 11.1 Å². The predicted molar refractivity (Wildman–Crippen MR) is 129 cm³/mol. The summed E-state index contributed by atoms with van der Waals surface area (Å²) in [5.74, 6) is 0.270. The lowest BCUT2D eigenvalue weighted by Crippen LogP contribution is -2.65. The van der Waals surface area contributed by atoms with Crippen LogP contribution in [0.25, 0.3) is 0 Å². The zero-order valence-electron chi connectivity index (χ0n) is 21.1. The zero-order chi connectivity index (χ0) is 24.0. The fraction of sp³-hybridized carbons (Fsp3) is 0.828. The Hall–Kier alpha value is -1.13. The number of fused-ring (bicyclic) bond motifs is 7. The van der Waals surface area contributed by atoms with Crippen molar-refractivity contribution in [3.63, 3.8) is 0 Å². The molecule has 0 aromatic heterocycles. The van der Waals surface area contributed by atoms with E-state index in [4.69, 9.17) is 0 Å². The number of carboxylic acids is 1. The number of carboxylic acid groups (broad SMARTS) is 1. The van der Waals surface area contributed by atoms with Crippen molar-refractivity contribution < 1.29 is 20.1 Å². The maximum Gasteiger partial charge on any atom is 0.310 e. The smallest absolute Gasteiger partial charge is 0.310 e. The van der Waals surface area contributed by atoms with Crippen LogP contribution in [0, 0.1) is 44.8 Å². The molecule has 0 aliphatic heterocycles. The molecule has 33 heavy (non-hydrogen) atoms. The summed E-state index contributed by atoms with van der Waals surface area (Å²) in [7, 11) is 0. The summed E-state index contributed by atoms with van der Waals surface area (Å²) < 4.78 is 0. The van der Waals surface area contributed by atoms with Crippen molar-refractivity contribution in [2.75, 3.05) is 6.61 Å². The minimum atomic E-state index is -0.624. The fourth-order valence-electron chi connectivity index (χ4n) is 10.2. The van der Waals surface area contributed by atoms with E-state index in [1.54, 1.807) is 0 Å². The van der Waals surface area contributed by atoms with Gasteiger partial charge in [0.25, 0.3) is 0 Å². The van der Waals surface area contributed by atoms with E-state index in [2.05, 4.69) is 40.3 Å². The molecule has 0 amide bonds. The predicted octanol–water partition coefficient (Wildman–Crippen LogP) is 5.74. The molecule has 0 aromatic carbocycles. The largest absolute Gasteiger partial charge is 0.481 e. The van der Waals surface area contributed by atoms with Gasteiger partial charge in [-0.05, 0) is 92.3 Å². The zero-order valence-corrected chi connectivity index (χ0v) is 21.1. The van der Waals surface area contributed by atoms with Crippen LogP contribution in [0.1, 0.15) is 91.9 Å². The number of rotatable bonds is 2. The lowest BCUT2D eigenvalue weighted by Gasteiger charge is -2.71. The molecule has 4 heteroatoms. The number of aliphatic carboxylic acids is 1. The Balaban J connectivity index is 1.59. The molecule has 4 saturated carbocycles. The highest BCUT2D eigenvalue weighted by Gasteiger charge is 2.69. The second-order valence-electron chi connectivity index (χ2n) is 13.5. The van der Waals surface area contributed by atoms with Crippen molar-refractivity contribution >= 4 is 5.97 Å². The number of carbonyl (C=O) groups is 1. The van der Waals surface area contributed by atoms with Gasteiger partial charge in [-0.2, -0.15) is 0 Å². The molecule has 184 valence electrons. The summed E-state index contributed by atoms with van der Waals surface area (Å²) >= 11 is 0. The number of allylic oxidation sites excluding steroid dienone is 3. The highest BCUT2D eigenvalue weighted by atomic mass is 16.4. The standard InChI is InChI=1S/C29H44O4/c1-18-8-13-29(24(32)33)15-14-27(4)19(20(29)16-18)6-7-22-25(2)11-10-23(31)26(3,17-30)21(25)9-12-28(22,27)5/h6,20-23,30-31H,1,7-17H2,2-5H3,(H,32,33)/t20-,21+,22+,23-,25-,26-,27+,28+,29-/m0/s1. The molecule has 0 aromatic rings. The van der Waals surface area contributed by atoms with Gasteiger partial charge in [0.05, 0.1) is 18.1 Å². The maximum atomic E-state index is 12.6. The van der Waals surface area contributed by atoms with Crippen LogP contribution in [-0.2, 0) is 4.79 Å². The van der Waals surface area contributed by atoms with E-state index in [0.717, 1.165) is 64.2 Å². The van der Waals surface area contributed by atoms with Gasteiger partial charge in [0.2, 0.25) is 0 Å². The average Bonchev–Trinajstić information content (AvgIpc) is 2.77. The van der Waals surface area contributed by atoms with Gasteiger partial charge < -0.3 is 15.3 Å². The van der Waals surface area contributed by atoms with Gasteiger partial charge in [-0.1, -0.05) is 51.5 Å². The van der Waals surface area contributed by atoms with Crippen LogP contribution in [0.15, 0.2) is 23.8 Å². The van der Waals surface area contributed by atoms with Crippen LogP contribution in [0.5, 0.6) is 0 Å². The van der Waals surface area contributed by atoms with E-state index in [9.17, 15) is 20.1 Å². The number of aliphatic hydroxyl groups is 2. The molecule has 4 fully saturated rings. The summed E-state index contributed by atoms with van der Waals surface area (Å²) in [4.78, 5) is 12.6. The Kier molecular flexibility index (Phi) is 5.15. The monoisotopic (exact) mass is 456 g/mol. The summed E-state index contributed by atoms with van der Waals surface area (Å²) in [6.45, 7) is 13.8. The third-order valence-corrected chi connectivity index (χ3v) is 12.6. The number of hydrogen-bond acceptors (Lipinski definition) is 3. The van der Waals surface area contributed by atoms with E-state index < -0.39 is 22.9 Å². The number of hydrogen-bond donors (Lipinski definition) is 3. The van der Waals surface area contributed by atoms with Gasteiger partial charge in [0.15, 0.2) is 0 Å². The highest BCUT2D eigenvalue weighted by Crippen LogP contribution is 2.75. The van der Waals surface area contributed by atoms with Crippen LogP contribution in [0.3, 0.4) is 0 Å². The molecule has 0 spiro atoms. The summed E-state index contributed by atoms with van der Waals surface area (Å²) in [6.07, 6.45) is 11.0. The van der Waals surface area contributed by atoms with Gasteiger partial charge in [-0.3, -0.25) is 4.79 Å². The first-order valence-corrected chi connectivity index (χ1v) is 13.3. The van der Waals surface area contributed by atoms with E-state index in [0.29, 0.717) is 11.8 Å². The molecule has 0 bridgehead atoms. The molecule has 0 saturated heterocycles. The van der Waals surface area contributed by atoms with Crippen LogP contribution >= 0.6 is 0 Å². The Morgan fingerprint density at radius 3 is 2.45 bits per heavy atom. The second-order valence-corrected chi connectivity index (χ2v) is 13.5. The summed E-state index contributed by atoms with van der Waals surface area (Å²) in [5.41, 5.74) is 1.74. The van der Waals surface area contributed by atoms with Crippen LogP contribution < -0.4 is 0 Å². The molecular formula is C29H44O4. The normalized spacial score (nSPS) is 53.8. The quantitative estimate of drug-likeness (QED) is 0.463. The van der Waals surface area contributed by atoms with E-state index in [1.807, 2.05) is 0 Å². The van der Waals surface area contributed by atoms with Crippen molar-refractivity contribution in [2.45, 2.75) is 98.0 Å².